The number of nitrogens with zero attached hydrogens (tertiary/aromatic N) is 1. The van der Waals surface area contributed by atoms with Crippen LogP contribution >= 0.6 is 0 Å². The van der Waals surface area contributed by atoms with E-state index in [0.29, 0.717) is 6.61 Å². The molecule has 0 aromatic heterocycles. The van der Waals surface area contributed by atoms with Gasteiger partial charge in [0.25, 0.3) is 0 Å². The molecule has 1 N–H and O–H groups in total. The number of carbonyl (C=O) groups is 1. The zero-order valence-electron chi connectivity index (χ0n) is 11.4. The lowest BCUT2D eigenvalue weighted by Crippen LogP contribution is -2.39. The van der Waals surface area contributed by atoms with E-state index < -0.39 is 0 Å². The Kier molecular flexibility index (Phi) is 6.52. The van der Waals surface area contributed by atoms with Crippen molar-refractivity contribution in [3.05, 3.63) is 0 Å². The van der Waals surface area contributed by atoms with Gasteiger partial charge in [-0.1, -0.05) is 6.92 Å². The average molecular weight is 242 g/mol. The Hall–Kier alpha value is -0.610. The van der Waals surface area contributed by atoms with Crippen LogP contribution in [0.25, 0.3) is 0 Å². The van der Waals surface area contributed by atoms with Crippen LogP contribution in [-0.4, -0.2) is 50.7 Å². The molecule has 17 heavy (non-hydrogen) atoms. The first kappa shape index (κ1) is 14.5. The zero-order valence-corrected chi connectivity index (χ0v) is 11.4. The molecule has 0 radical (unpaired) electrons. The van der Waals surface area contributed by atoms with Crippen molar-refractivity contribution in [3.63, 3.8) is 0 Å². The molecule has 2 unspecified atom stereocenters. The Balaban J connectivity index is 2.22. The Morgan fingerprint density at radius 2 is 2.35 bits per heavy atom. The molecule has 0 saturated carbocycles. The SMILES string of the molecule is CCOC(=O)C(C)CN(C)CC1CCCNC1. The summed E-state index contributed by atoms with van der Waals surface area (Å²) in [4.78, 5) is 13.8. The van der Waals surface area contributed by atoms with Gasteiger partial charge >= 0.3 is 5.97 Å². The fourth-order valence-electron chi connectivity index (χ4n) is 2.42. The number of esters is 1. The van der Waals surface area contributed by atoms with Crippen molar-refractivity contribution in [1.82, 2.24) is 10.2 Å². The van der Waals surface area contributed by atoms with Gasteiger partial charge in [-0.2, -0.15) is 0 Å². The summed E-state index contributed by atoms with van der Waals surface area (Å²) in [5.41, 5.74) is 0. The van der Waals surface area contributed by atoms with Crippen molar-refractivity contribution in [2.45, 2.75) is 26.7 Å². The molecule has 4 heteroatoms. The third kappa shape index (κ3) is 5.50. The van der Waals surface area contributed by atoms with E-state index in [4.69, 9.17) is 4.74 Å². The van der Waals surface area contributed by atoms with Gasteiger partial charge in [0.1, 0.15) is 0 Å². The minimum atomic E-state index is -0.0823. The van der Waals surface area contributed by atoms with Gasteiger partial charge < -0.3 is 15.0 Å². The first-order valence-corrected chi connectivity index (χ1v) is 6.69. The molecule has 4 nitrogen and oxygen atoms in total. The van der Waals surface area contributed by atoms with Gasteiger partial charge in [-0.15, -0.1) is 0 Å². The highest BCUT2D eigenvalue weighted by Crippen LogP contribution is 2.12. The van der Waals surface area contributed by atoms with Crippen LogP contribution in [0.15, 0.2) is 0 Å². The molecule has 1 rings (SSSR count). The molecule has 1 aliphatic rings. The van der Waals surface area contributed by atoms with Gasteiger partial charge in [0, 0.05) is 13.1 Å². The maximum Gasteiger partial charge on any atom is 0.309 e. The van der Waals surface area contributed by atoms with Crippen LogP contribution in [0, 0.1) is 11.8 Å². The second-order valence-corrected chi connectivity index (χ2v) is 5.09. The highest BCUT2D eigenvalue weighted by Gasteiger charge is 2.19. The number of carbonyl (C=O) groups excluding carboxylic acids is 1. The zero-order chi connectivity index (χ0) is 12.7. The third-order valence-corrected chi connectivity index (χ3v) is 3.24. The van der Waals surface area contributed by atoms with Gasteiger partial charge in [0.05, 0.1) is 12.5 Å². The van der Waals surface area contributed by atoms with Crippen LogP contribution in [0.3, 0.4) is 0 Å². The van der Waals surface area contributed by atoms with Crippen molar-refractivity contribution in [2.75, 3.05) is 39.8 Å². The van der Waals surface area contributed by atoms with Crippen molar-refractivity contribution in [3.8, 4) is 0 Å². The number of hydrogen-bond acceptors (Lipinski definition) is 4. The Bertz CT molecular complexity index is 227. The van der Waals surface area contributed by atoms with E-state index in [1.165, 1.54) is 12.8 Å². The summed E-state index contributed by atoms with van der Waals surface area (Å²) < 4.78 is 5.02. The Labute approximate surface area is 105 Å². The fraction of sp³-hybridized carbons (Fsp3) is 0.923. The average Bonchev–Trinajstić information content (AvgIpc) is 2.30. The molecular formula is C13H26N2O2. The lowest BCUT2D eigenvalue weighted by Gasteiger charge is -2.28. The van der Waals surface area contributed by atoms with E-state index >= 15 is 0 Å². The number of hydrogen-bond donors (Lipinski definition) is 1. The molecule has 0 aromatic carbocycles. The van der Waals surface area contributed by atoms with E-state index in [1.54, 1.807) is 0 Å². The number of rotatable bonds is 6. The summed E-state index contributed by atoms with van der Waals surface area (Å²) in [6, 6.07) is 0. The monoisotopic (exact) mass is 242 g/mol. The molecule has 0 bridgehead atoms. The lowest BCUT2D eigenvalue weighted by atomic mass is 9.99. The van der Waals surface area contributed by atoms with Gasteiger partial charge in [-0.3, -0.25) is 4.79 Å². The van der Waals surface area contributed by atoms with Crippen molar-refractivity contribution >= 4 is 5.97 Å². The predicted molar refractivity (Wildman–Crippen MR) is 68.9 cm³/mol. The molecule has 1 aliphatic heterocycles. The summed E-state index contributed by atoms with van der Waals surface area (Å²) in [5, 5.41) is 3.42. The highest BCUT2D eigenvalue weighted by molar-refractivity contribution is 5.72. The molecule has 0 spiro atoms. The molecule has 2 atom stereocenters. The van der Waals surface area contributed by atoms with Crippen molar-refractivity contribution in [1.29, 1.82) is 0 Å². The molecule has 0 amide bonds. The van der Waals surface area contributed by atoms with E-state index in [2.05, 4.69) is 17.3 Å². The van der Waals surface area contributed by atoms with Crippen molar-refractivity contribution in [2.24, 2.45) is 11.8 Å². The van der Waals surface area contributed by atoms with Gasteiger partial charge in [0.2, 0.25) is 0 Å². The summed E-state index contributed by atoms with van der Waals surface area (Å²) in [6.45, 7) is 8.37. The molecule has 1 fully saturated rings. The van der Waals surface area contributed by atoms with Crippen LogP contribution in [0.2, 0.25) is 0 Å². The van der Waals surface area contributed by atoms with Gasteiger partial charge in [-0.05, 0) is 45.8 Å². The maximum atomic E-state index is 11.5. The van der Waals surface area contributed by atoms with E-state index in [0.717, 1.165) is 32.1 Å². The van der Waals surface area contributed by atoms with Crippen LogP contribution in [-0.2, 0) is 9.53 Å². The Morgan fingerprint density at radius 1 is 1.59 bits per heavy atom. The van der Waals surface area contributed by atoms with Gasteiger partial charge in [-0.25, -0.2) is 0 Å². The van der Waals surface area contributed by atoms with Crippen LogP contribution in [0.5, 0.6) is 0 Å². The minimum Gasteiger partial charge on any atom is -0.466 e. The first-order valence-electron chi connectivity index (χ1n) is 6.69. The maximum absolute atomic E-state index is 11.5. The number of ether oxygens (including phenoxy) is 1. The highest BCUT2D eigenvalue weighted by atomic mass is 16.5. The third-order valence-electron chi connectivity index (χ3n) is 3.24. The molecular weight excluding hydrogens is 216 g/mol. The Morgan fingerprint density at radius 3 is 2.94 bits per heavy atom. The lowest BCUT2D eigenvalue weighted by molar-refractivity contribution is -0.147. The van der Waals surface area contributed by atoms with E-state index in [1.807, 2.05) is 13.8 Å². The van der Waals surface area contributed by atoms with Gasteiger partial charge in [0.15, 0.2) is 0 Å². The quantitative estimate of drug-likeness (QED) is 0.709. The van der Waals surface area contributed by atoms with Crippen LogP contribution in [0.1, 0.15) is 26.7 Å². The molecule has 0 aliphatic carbocycles. The van der Waals surface area contributed by atoms with Crippen LogP contribution < -0.4 is 5.32 Å². The molecule has 1 saturated heterocycles. The second kappa shape index (κ2) is 7.67. The fourth-order valence-corrected chi connectivity index (χ4v) is 2.42. The standard InChI is InChI=1S/C13H26N2O2/c1-4-17-13(16)11(2)9-15(3)10-12-6-5-7-14-8-12/h11-12,14H,4-10H2,1-3H3. The summed E-state index contributed by atoms with van der Waals surface area (Å²) >= 11 is 0. The number of nitrogens with one attached hydrogen (secondary N) is 1. The van der Waals surface area contributed by atoms with E-state index in [-0.39, 0.29) is 11.9 Å². The smallest absolute Gasteiger partial charge is 0.309 e. The molecule has 100 valence electrons. The van der Waals surface area contributed by atoms with E-state index in [9.17, 15) is 4.79 Å². The normalized spacial score (nSPS) is 22.5. The topological polar surface area (TPSA) is 41.6 Å². The predicted octanol–water partition coefficient (Wildman–Crippen LogP) is 1.12. The van der Waals surface area contributed by atoms with Crippen LogP contribution in [0.4, 0.5) is 0 Å². The van der Waals surface area contributed by atoms with Crippen molar-refractivity contribution < 1.29 is 9.53 Å². The summed E-state index contributed by atoms with van der Waals surface area (Å²) in [6.07, 6.45) is 2.57. The summed E-state index contributed by atoms with van der Waals surface area (Å²) in [5.74, 6) is 0.612. The minimum absolute atomic E-state index is 0.0310. The first-order chi connectivity index (χ1) is 8.13. The number of piperidine rings is 1. The summed E-state index contributed by atoms with van der Waals surface area (Å²) in [7, 11) is 2.09. The second-order valence-electron chi connectivity index (χ2n) is 5.09. The molecule has 1 heterocycles. The molecule has 0 aromatic rings. The largest absolute Gasteiger partial charge is 0.466 e.